The number of nitriles is 1. The van der Waals surface area contributed by atoms with Crippen LogP contribution in [0.4, 0.5) is 0 Å². The van der Waals surface area contributed by atoms with Gasteiger partial charge in [-0.3, -0.25) is 9.78 Å². The third-order valence-corrected chi connectivity index (χ3v) is 7.51. The van der Waals surface area contributed by atoms with Crippen molar-refractivity contribution >= 4 is 23.1 Å². The molecule has 2 aromatic carbocycles. The molecule has 0 saturated heterocycles. The summed E-state index contributed by atoms with van der Waals surface area (Å²) in [6.07, 6.45) is 8.79. The Hall–Kier alpha value is -4.16. The Labute approximate surface area is 251 Å². The summed E-state index contributed by atoms with van der Waals surface area (Å²) in [6.45, 7) is 7.14. The number of carbonyl (C=O) groups is 1. The number of aryl methyl sites for hydroxylation is 1. The number of aromatic nitrogens is 1. The Bertz CT molecular complexity index is 1530. The minimum atomic E-state index is -1.26. The molecule has 0 aliphatic heterocycles. The molecule has 218 valence electrons. The second-order valence-corrected chi connectivity index (χ2v) is 10.7. The molecule has 9 heteroatoms. The number of rotatable bonds is 12. The monoisotopic (exact) mass is 586 g/mol. The molecule has 1 heterocycles. The zero-order chi connectivity index (χ0) is 30.1. The van der Waals surface area contributed by atoms with Crippen molar-refractivity contribution in [2.24, 2.45) is 5.92 Å². The molecule has 8 nitrogen and oxygen atoms in total. The Morgan fingerprint density at radius 2 is 1.98 bits per heavy atom. The van der Waals surface area contributed by atoms with Gasteiger partial charge in [0.1, 0.15) is 36.4 Å². The lowest BCUT2D eigenvalue weighted by molar-refractivity contribution is -0.118. The van der Waals surface area contributed by atoms with Gasteiger partial charge in [-0.1, -0.05) is 54.9 Å². The normalized spacial score (nSPS) is 17.7. The number of aliphatic hydroxyl groups is 1. The highest BCUT2D eigenvalue weighted by Crippen LogP contribution is 2.39. The standard InChI is InChI=1S/C33H35ClN4O4/c1-22-7-4-5-8-28(22)29-9-6-10-33(40,23(29)2)21-42-32-15-31(41-20-26-13-25(16-35)17-37-18-26)27(14-30(32)34)19-36-11-12-38-24(3)39/h4-10,13-15,17-18,23,36,40H,11-12,19-21H2,1-3H3,(H,38,39). The van der Waals surface area contributed by atoms with Gasteiger partial charge in [0.05, 0.1) is 10.6 Å². The molecule has 0 spiro atoms. The van der Waals surface area contributed by atoms with Gasteiger partial charge < -0.3 is 25.2 Å². The molecule has 4 rings (SSSR count). The highest BCUT2D eigenvalue weighted by atomic mass is 35.5. The van der Waals surface area contributed by atoms with Crippen molar-refractivity contribution in [1.82, 2.24) is 15.6 Å². The van der Waals surface area contributed by atoms with Crippen molar-refractivity contribution in [2.45, 2.75) is 39.5 Å². The van der Waals surface area contributed by atoms with Crippen LogP contribution in [0.25, 0.3) is 5.57 Å². The Morgan fingerprint density at radius 1 is 1.17 bits per heavy atom. The van der Waals surface area contributed by atoms with Crippen LogP contribution in [0.5, 0.6) is 11.5 Å². The number of nitrogens with one attached hydrogen (secondary N) is 2. The van der Waals surface area contributed by atoms with Gasteiger partial charge in [-0.15, -0.1) is 0 Å². The van der Waals surface area contributed by atoms with Gasteiger partial charge in [-0.2, -0.15) is 5.26 Å². The molecule has 42 heavy (non-hydrogen) atoms. The number of hydrogen-bond donors (Lipinski definition) is 3. The van der Waals surface area contributed by atoms with Gasteiger partial charge in [0.25, 0.3) is 0 Å². The van der Waals surface area contributed by atoms with Gasteiger partial charge in [0.15, 0.2) is 0 Å². The lowest BCUT2D eigenvalue weighted by atomic mass is 9.76. The Morgan fingerprint density at radius 3 is 2.74 bits per heavy atom. The molecule has 1 aliphatic rings. The average Bonchev–Trinajstić information content (AvgIpc) is 2.98. The average molecular weight is 587 g/mol. The van der Waals surface area contributed by atoms with Crippen LogP contribution in [0.2, 0.25) is 5.02 Å². The molecule has 0 saturated carbocycles. The first-order valence-corrected chi connectivity index (χ1v) is 14.1. The summed E-state index contributed by atoms with van der Waals surface area (Å²) in [5.41, 5.74) is 3.96. The van der Waals surface area contributed by atoms with Crippen LogP contribution in [-0.4, -0.2) is 41.3 Å². The summed E-state index contributed by atoms with van der Waals surface area (Å²) < 4.78 is 12.3. The van der Waals surface area contributed by atoms with Crippen molar-refractivity contribution in [2.75, 3.05) is 19.7 Å². The van der Waals surface area contributed by atoms with Crippen LogP contribution >= 0.6 is 11.6 Å². The topological polar surface area (TPSA) is 116 Å². The zero-order valence-electron chi connectivity index (χ0n) is 24.0. The zero-order valence-corrected chi connectivity index (χ0v) is 24.7. The first kappa shape index (κ1) is 30.8. The largest absolute Gasteiger partial charge is 0.489 e. The number of halogens is 1. The molecular formula is C33H35ClN4O4. The SMILES string of the molecule is CC(=O)NCCNCc1cc(Cl)c(OCC2(O)C=CC=C(c3ccccc3C)C2C)cc1OCc1cncc(C#N)c1. The maximum absolute atomic E-state index is 11.6. The quantitative estimate of drug-likeness (QED) is 0.252. The van der Waals surface area contributed by atoms with Crippen molar-refractivity contribution in [3.8, 4) is 17.6 Å². The maximum Gasteiger partial charge on any atom is 0.216 e. The highest BCUT2D eigenvalue weighted by molar-refractivity contribution is 6.32. The van der Waals surface area contributed by atoms with E-state index in [1.54, 1.807) is 30.5 Å². The minimum Gasteiger partial charge on any atom is -0.489 e. The van der Waals surface area contributed by atoms with Crippen LogP contribution in [-0.2, 0) is 17.9 Å². The third-order valence-electron chi connectivity index (χ3n) is 7.22. The minimum absolute atomic E-state index is 0.0184. The first-order chi connectivity index (χ1) is 20.2. The first-order valence-electron chi connectivity index (χ1n) is 13.7. The summed E-state index contributed by atoms with van der Waals surface area (Å²) in [6, 6.07) is 15.4. The van der Waals surface area contributed by atoms with E-state index in [0.717, 1.165) is 27.8 Å². The molecule has 3 aromatic rings. The number of hydrogen-bond acceptors (Lipinski definition) is 7. The van der Waals surface area contributed by atoms with Gasteiger partial charge >= 0.3 is 0 Å². The molecule has 2 unspecified atom stereocenters. The van der Waals surface area contributed by atoms with Crippen molar-refractivity contribution in [3.05, 3.63) is 106 Å². The van der Waals surface area contributed by atoms with Gasteiger partial charge in [0.2, 0.25) is 5.91 Å². The van der Waals surface area contributed by atoms with Gasteiger partial charge in [-0.25, -0.2) is 0 Å². The highest BCUT2D eigenvalue weighted by Gasteiger charge is 2.37. The van der Waals surface area contributed by atoms with E-state index in [2.05, 4.69) is 40.7 Å². The number of pyridine rings is 1. The second-order valence-electron chi connectivity index (χ2n) is 10.3. The van der Waals surface area contributed by atoms with Crippen LogP contribution in [0, 0.1) is 24.2 Å². The number of nitrogens with zero attached hydrogens (tertiary/aromatic N) is 2. The van der Waals surface area contributed by atoms with E-state index in [-0.39, 0.29) is 25.0 Å². The maximum atomic E-state index is 11.6. The lowest BCUT2D eigenvalue weighted by Crippen LogP contribution is -2.42. The fraction of sp³-hybridized carbons (Fsp3) is 0.303. The van der Waals surface area contributed by atoms with E-state index in [1.807, 2.05) is 31.2 Å². The fourth-order valence-electron chi connectivity index (χ4n) is 4.76. The van der Waals surface area contributed by atoms with Gasteiger partial charge in [-0.05, 0) is 41.8 Å². The van der Waals surface area contributed by atoms with E-state index in [0.29, 0.717) is 41.7 Å². The van der Waals surface area contributed by atoms with Crippen molar-refractivity contribution in [3.63, 3.8) is 0 Å². The second kappa shape index (κ2) is 14.1. The summed E-state index contributed by atoms with van der Waals surface area (Å²) in [4.78, 5) is 15.3. The van der Waals surface area contributed by atoms with E-state index in [4.69, 9.17) is 21.1 Å². The molecule has 0 bridgehead atoms. The lowest BCUT2D eigenvalue weighted by Gasteiger charge is -2.35. The van der Waals surface area contributed by atoms with Gasteiger partial charge in [0, 0.05) is 62.1 Å². The number of benzene rings is 2. The fourth-order valence-corrected chi connectivity index (χ4v) is 5.00. The summed E-state index contributed by atoms with van der Waals surface area (Å²) in [5.74, 6) is 0.580. The molecule has 0 fully saturated rings. The Balaban J connectivity index is 1.52. The van der Waals surface area contributed by atoms with E-state index in [1.165, 1.54) is 13.1 Å². The van der Waals surface area contributed by atoms with E-state index >= 15 is 0 Å². The summed E-state index contributed by atoms with van der Waals surface area (Å²) in [7, 11) is 0. The number of ether oxygens (including phenoxy) is 2. The predicted octanol–water partition coefficient (Wildman–Crippen LogP) is 5.12. The van der Waals surface area contributed by atoms with Crippen molar-refractivity contribution < 1.29 is 19.4 Å². The summed E-state index contributed by atoms with van der Waals surface area (Å²) >= 11 is 6.66. The van der Waals surface area contributed by atoms with Crippen molar-refractivity contribution in [1.29, 1.82) is 5.26 Å². The molecule has 1 aromatic heterocycles. The molecule has 3 N–H and O–H groups in total. The van der Waals surface area contributed by atoms with E-state index < -0.39 is 5.60 Å². The third kappa shape index (κ3) is 7.77. The predicted molar refractivity (Wildman–Crippen MR) is 163 cm³/mol. The molecule has 0 radical (unpaired) electrons. The summed E-state index contributed by atoms with van der Waals surface area (Å²) in [5, 5.41) is 27.3. The number of allylic oxidation sites excluding steroid dienone is 2. The molecular weight excluding hydrogens is 552 g/mol. The molecule has 2 atom stereocenters. The number of carbonyl (C=O) groups excluding carboxylic acids is 1. The van der Waals surface area contributed by atoms with Crippen LogP contribution < -0.4 is 20.1 Å². The van der Waals surface area contributed by atoms with E-state index in [9.17, 15) is 15.2 Å². The van der Waals surface area contributed by atoms with Crippen LogP contribution in [0.1, 0.15) is 41.7 Å². The molecule has 1 aliphatic carbocycles. The van der Waals surface area contributed by atoms with Crippen LogP contribution in [0.15, 0.2) is 73.1 Å². The smallest absolute Gasteiger partial charge is 0.216 e. The molecule has 1 amide bonds. The number of amides is 1. The Kier molecular flexibility index (Phi) is 10.4. The van der Waals surface area contributed by atoms with Crippen LogP contribution in [0.3, 0.4) is 0 Å².